The van der Waals surface area contributed by atoms with Gasteiger partial charge in [-0.05, 0) is 59.9 Å². The van der Waals surface area contributed by atoms with Gasteiger partial charge >= 0.3 is 6.61 Å². The zero-order valence-electron chi connectivity index (χ0n) is 17.2. The van der Waals surface area contributed by atoms with Crippen LogP contribution in [0.2, 0.25) is 0 Å². The molecule has 1 amide bonds. The van der Waals surface area contributed by atoms with Gasteiger partial charge in [-0.25, -0.2) is 0 Å². The van der Waals surface area contributed by atoms with Gasteiger partial charge in [0.2, 0.25) is 5.91 Å². The molecule has 30 heavy (non-hydrogen) atoms. The van der Waals surface area contributed by atoms with Crippen LogP contribution in [0.25, 0.3) is 6.08 Å². The number of ether oxygens (including phenoxy) is 1. The number of rotatable bonds is 5. The first kappa shape index (κ1) is 22.0. The van der Waals surface area contributed by atoms with E-state index in [-0.39, 0.29) is 17.1 Å². The lowest BCUT2D eigenvalue weighted by Crippen LogP contribution is -2.26. The van der Waals surface area contributed by atoms with Gasteiger partial charge < -0.3 is 10.1 Å². The SMILES string of the molecule is CC(C)(C)C1CCc2c(sc(NC(=O)/C=C\c3ccc(OC(F)F)cc3)c2C#N)C1. The van der Waals surface area contributed by atoms with Crippen LogP contribution in [0.1, 0.15) is 48.8 Å². The van der Waals surface area contributed by atoms with Crippen molar-refractivity contribution in [3.05, 3.63) is 51.9 Å². The number of halogens is 2. The molecule has 1 aliphatic rings. The fraction of sp³-hybridized carbons (Fsp3) is 0.391. The van der Waals surface area contributed by atoms with Crippen molar-refractivity contribution >= 4 is 28.3 Å². The number of hydrogen-bond acceptors (Lipinski definition) is 4. The van der Waals surface area contributed by atoms with Crippen LogP contribution in [0.15, 0.2) is 30.3 Å². The van der Waals surface area contributed by atoms with E-state index >= 15 is 0 Å². The molecular formula is C23H24F2N2O2S. The molecule has 2 aromatic rings. The molecule has 4 nitrogen and oxygen atoms in total. The molecule has 0 saturated heterocycles. The predicted octanol–water partition coefficient (Wildman–Crippen LogP) is 6.02. The smallest absolute Gasteiger partial charge is 0.387 e. The summed E-state index contributed by atoms with van der Waals surface area (Å²) in [7, 11) is 0. The zero-order chi connectivity index (χ0) is 21.9. The monoisotopic (exact) mass is 430 g/mol. The summed E-state index contributed by atoms with van der Waals surface area (Å²) in [6.07, 6.45) is 5.77. The first-order valence-corrected chi connectivity index (χ1v) is 10.6. The second-order valence-electron chi connectivity index (χ2n) is 8.40. The van der Waals surface area contributed by atoms with Gasteiger partial charge in [-0.1, -0.05) is 32.9 Å². The Labute approximate surface area is 179 Å². The summed E-state index contributed by atoms with van der Waals surface area (Å²) < 4.78 is 28.7. The topological polar surface area (TPSA) is 62.1 Å². The summed E-state index contributed by atoms with van der Waals surface area (Å²) in [5.74, 6) is 0.268. The molecule has 0 fully saturated rings. The van der Waals surface area contributed by atoms with Gasteiger partial charge in [0.25, 0.3) is 0 Å². The number of carbonyl (C=O) groups is 1. The molecule has 1 heterocycles. The molecule has 0 saturated carbocycles. The van der Waals surface area contributed by atoms with E-state index in [0.29, 0.717) is 22.0 Å². The Morgan fingerprint density at radius 1 is 1.33 bits per heavy atom. The average molecular weight is 431 g/mol. The van der Waals surface area contributed by atoms with Gasteiger partial charge in [-0.3, -0.25) is 4.79 Å². The van der Waals surface area contributed by atoms with Gasteiger partial charge in [-0.2, -0.15) is 14.0 Å². The van der Waals surface area contributed by atoms with Crippen molar-refractivity contribution < 1.29 is 18.3 Å². The number of carbonyl (C=O) groups excluding carboxylic acids is 1. The first-order valence-electron chi connectivity index (χ1n) is 9.76. The van der Waals surface area contributed by atoms with Gasteiger partial charge in [0, 0.05) is 11.0 Å². The molecule has 0 aliphatic heterocycles. The first-order chi connectivity index (χ1) is 14.2. The average Bonchev–Trinajstić information content (AvgIpc) is 3.02. The third kappa shape index (κ3) is 5.25. The highest BCUT2D eigenvalue weighted by molar-refractivity contribution is 7.16. The maximum atomic E-state index is 12.4. The largest absolute Gasteiger partial charge is 0.435 e. The molecule has 1 aliphatic carbocycles. The number of hydrogen-bond donors (Lipinski definition) is 1. The van der Waals surface area contributed by atoms with Gasteiger partial charge in [0.05, 0.1) is 5.56 Å². The fourth-order valence-corrected chi connectivity index (χ4v) is 4.90. The zero-order valence-corrected chi connectivity index (χ0v) is 18.0. The number of benzene rings is 1. The van der Waals surface area contributed by atoms with Crippen LogP contribution < -0.4 is 10.1 Å². The van der Waals surface area contributed by atoms with E-state index in [0.717, 1.165) is 24.8 Å². The third-order valence-corrected chi connectivity index (χ3v) is 6.54. The van der Waals surface area contributed by atoms with Gasteiger partial charge in [0.15, 0.2) is 0 Å². The second-order valence-corrected chi connectivity index (χ2v) is 9.50. The Balaban J connectivity index is 1.69. The van der Waals surface area contributed by atoms with Crippen LogP contribution in [0.3, 0.4) is 0 Å². The summed E-state index contributed by atoms with van der Waals surface area (Å²) in [4.78, 5) is 13.6. The fourth-order valence-electron chi connectivity index (χ4n) is 3.62. The van der Waals surface area contributed by atoms with E-state index in [1.807, 2.05) is 0 Å². The number of fused-ring (bicyclic) bond motifs is 1. The number of nitriles is 1. The Hall–Kier alpha value is -2.72. The number of amides is 1. The number of nitrogens with zero attached hydrogens (tertiary/aromatic N) is 1. The van der Waals surface area contributed by atoms with Crippen molar-refractivity contribution in [1.82, 2.24) is 0 Å². The Morgan fingerprint density at radius 2 is 2.03 bits per heavy atom. The Kier molecular flexibility index (Phi) is 6.57. The van der Waals surface area contributed by atoms with Crippen LogP contribution >= 0.6 is 11.3 Å². The number of anilines is 1. The van der Waals surface area contributed by atoms with E-state index in [9.17, 15) is 18.8 Å². The van der Waals surface area contributed by atoms with Crippen molar-refractivity contribution in [2.45, 2.75) is 46.6 Å². The lowest BCUT2D eigenvalue weighted by Gasteiger charge is -2.33. The number of thiophene rings is 1. The van der Waals surface area contributed by atoms with Crippen LogP contribution in [-0.4, -0.2) is 12.5 Å². The van der Waals surface area contributed by atoms with Crippen molar-refractivity contribution in [3.63, 3.8) is 0 Å². The van der Waals surface area contributed by atoms with E-state index in [1.54, 1.807) is 18.2 Å². The normalized spacial score (nSPS) is 16.4. The van der Waals surface area contributed by atoms with Gasteiger partial charge in [-0.15, -0.1) is 11.3 Å². The maximum absolute atomic E-state index is 12.4. The van der Waals surface area contributed by atoms with Crippen LogP contribution in [0.4, 0.5) is 13.8 Å². The molecule has 158 valence electrons. The lowest BCUT2D eigenvalue weighted by atomic mass is 9.72. The van der Waals surface area contributed by atoms with E-state index in [1.165, 1.54) is 34.4 Å². The van der Waals surface area contributed by atoms with E-state index in [2.05, 4.69) is 36.9 Å². The molecule has 1 atom stereocenters. The molecular weight excluding hydrogens is 406 g/mol. The van der Waals surface area contributed by atoms with Crippen LogP contribution in [0, 0.1) is 22.7 Å². The molecule has 0 radical (unpaired) electrons. The van der Waals surface area contributed by atoms with Crippen molar-refractivity contribution in [2.24, 2.45) is 11.3 Å². The highest BCUT2D eigenvalue weighted by Gasteiger charge is 2.32. The Morgan fingerprint density at radius 3 is 2.63 bits per heavy atom. The van der Waals surface area contributed by atoms with Crippen LogP contribution in [-0.2, 0) is 17.6 Å². The Bertz CT molecular complexity index is 982. The lowest BCUT2D eigenvalue weighted by molar-refractivity contribution is -0.111. The third-order valence-electron chi connectivity index (χ3n) is 5.37. The summed E-state index contributed by atoms with van der Waals surface area (Å²) in [5, 5.41) is 13.0. The minimum Gasteiger partial charge on any atom is -0.435 e. The molecule has 1 aromatic carbocycles. The molecule has 0 bridgehead atoms. The minimum absolute atomic E-state index is 0.0583. The van der Waals surface area contributed by atoms with E-state index in [4.69, 9.17) is 0 Å². The molecule has 3 rings (SSSR count). The molecule has 1 N–H and O–H groups in total. The molecule has 1 aromatic heterocycles. The quantitative estimate of drug-likeness (QED) is 0.590. The van der Waals surface area contributed by atoms with Gasteiger partial charge in [0.1, 0.15) is 16.8 Å². The van der Waals surface area contributed by atoms with Crippen molar-refractivity contribution in [2.75, 3.05) is 5.32 Å². The number of nitrogens with one attached hydrogen (secondary N) is 1. The second kappa shape index (κ2) is 8.97. The molecule has 7 heteroatoms. The summed E-state index contributed by atoms with van der Waals surface area (Å²) in [6, 6.07) is 8.25. The highest BCUT2D eigenvalue weighted by atomic mass is 32.1. The standard InChI is InChI=1S/C23H24F2N2O2S/c1-23(2,3)15-7-10-17-18(13-26)21(30-19(17)12-15)27-20(28)11-6-14-4-8-16(9-5-14)29-22(24)25/h4-6,8-9,11,15,22H,7,10,12H2,1-3H3,(H,27,28)/b11-6-. The van der Waals surface area contributed by atoms with E-state index < -0.39 is 6.61 Å². The highest BCUT2D eigenvalue weighted by Crippen LogP contribution is 2.43. The summed E-state index contributed by atoms with van der Waals surface area (Å²) in [5.41, 5.74) is 2.51. The van der Waals surface area contributed by atoms with Crippen molar-refractivity contribution in [3.8, 4) is 11.8 Å². The molecule has 1 unspecified atom stereocenters. The molecule has 0 spiro atoms. The summed E-state index contributed by atoms with van der Waals surface area (Å²) in [6.45, 7) is 3.84. The maximum Gasteiger partial charge on any atom is 0.387 e. The van der Waals surface area contributed by atoms with Crippen LogP contribution in [0.5, 0.6) is 5.75 Å². The minimum atomic E-state index is -2.87. The van der Waals surface area contributed by atoms with Crippen molar-refractivity contribution in [1.29, 1.82) is 5.26 Å². The number of alkyl halides is 2. The predicted molar refractivity (Wildman–Crippen MR) is 115 cm³/mol. The summed E-state index contributed by atoms with van der Waals surface area (Å²) >= 11 is 1.49.